The summed E-state index contributed by atoms with van der Waals surface area (Å²) in [5.41, 5.74) is 2.45. The number of nitrogens with zero attached hydrogens (tertiary/aromatic N) is 2. The largest absolute Gasteiger partial charge is 0.494 e. The van der Waals surface area contributed by atoms with Crippen LogP contribution in [0, 0.1) is 5.82 Å². The molecule has 0 unspecified atom stereocenters. The number of amides is 2. The SMILES string of the molecule is COc1ccc(C(=O)N[C@H]2Cc3cc(C(=O)NCc4ccccc4)nn3C2)cc1F. The van der Waals surface area contributed by atoms with Crippen LogP contribution in [0.1, 0.15) is 32.1 Å². The molecule has 30 heavy (non-hydrogen) atoms. The topological polar surface area (TPSA) is 85.2 Å². The molecule has 2 N–H and O–H groups in total. The van der Waals surface area contributed by atoms with E-state index in [-0.39, 0.29) is 29.2 Å². The Balaban J connectivity index is 1.33. The Morgan fingerprint density at radius 2 is 1.97 bits per heavy atom. The van der Waals surface area contributed by atoms with E-state index in [9.17, 15) is 14.0 Å². The summed E-state index contributed by atoms with van der Waals surface area (Å²) in [6.45, 7) is 0.880. The first kappa shape index (κ1) is 19.6. The first-order valence-corrected chi connectivity index (χ1v) is 9.56. The molecule has 0 bridgehead atoms. The van der Waals surface area contributed by atoms with Gasteiger partial charge >= 0.3 is 0 Å². The van der Waals surface area contributed by atoms with Crippen molar-refractivity contribution in [2.75, 3.05) is 7.11 Å². The smallest absolute Gasteiger partial charge is 0.272 e. The number of carbonyl (C=O) groups excluding carboxylic acids is 2. The summed E-state index contributed by atoms with van der Waals surface area (Å²) in [4.78, 5) is 24.8. The number of nitrogens with one attached hydrogen (secondary N) is 2. The lowest BCUT2D eigenvalue weighted by atomic mass is 10.1. The van der Waals surface area contributed by atoms with E-state index in [1.807, 2.05) is 30.3 Å². The Labute approximate surface area is 172 Å². The quantitative estimate of drug-likeness (QED) is 0.656. The fourth-order valence-corrected chi connectivity index (χ4v) is 3.46. The van der Waals surface area contributed by atoms with Crippen LogP contribution in [0.2, 0.25) is 0 Å². The molecular weight excluding hydrogens is 387 g/mol. The normalized spacial score (nSPS) is 14.8. The maximum atomic E-state index is 13.8. The molecule has 1 aliphatic rings. The summed E-state index contributed by atoms with van der Waals surface area (Å²) >= 11 is 0. The number of fused-ring (bicyclic) bond motifs is 1. The number of aromatic nitrogens is 2. The minimum absolute atomic E-state index is 0.0885. The van der Waals surface area contributed by atoms with Crippen molar-refractivity contribution < 1.29 is 18.7 Å². The molecule has 1 aliphatic heterocycles. The second-order valence-electron chi connectivity index (χ2n) is 7.10. The minimum atomic E-state index is -0.587. The lowest BCUT2D eigenvalue weighted by Gasteiger charge is -2.12. The Hall–Kier alpha value is -3.68. The van der Waals surface area contributed by atoms with Crippen LogP contribution in [0.25, 0.3) is 0 Å². The van der Waals surface area contributed by atoms with Gasteiger partial charge in [0, 0.05) is 24.2 Å². The molecule has 2 heterocycles. The van der Waals surface area contributed by atoms with Crippen LogP contribution in [0.15, 0.2) is 54.6 Å². The molecule has 4 rings (SSSR count). The third kappa shape index (κ3) is 4.17. The van der Waals surface area contributed by atoms with Crippen LogP contribution in [0.4, 0.5) is 4.39 Å². The standard InChI is InChI=1S/C22H21FN4O3/c1-30-20-8-7-15(9-18(20)23)21(28)25-16-10-17-11-19(26-27(17)13-16)22(29)24-12-14-5-3-2-4-6-14/h2-9,11,16H,10,12-13H2,1H3,(H,24,29)(H,25,28)/t16-/m0/s1. The summed E-state index contributed by atoms with van der Waals surface area (Å²) < 4.78 is 20.4. The zero-order valence-corrected chi connectivity index (χ0v) is 16.4. The molecule has 154 valence electrons. The van der Waals surface area contributed by atoms with Crippen LogP contribution < -0.4 is 15.4 Å². The van der Waals surface area contributed by atoms with E-state index in [0.717, 1.165) is 17.3 Å². The van der Waals surface area contributed by atoms with Crippen molar-refractivity contribution in [3.8, 4) is 5.75 Å². The molecule has 3 aromatic rings. The van der Waals surface area contributed by atoms with Gasteiger partial charge in [0.05, 0.1) is 19.7 Å². The summed E-state index contributed by atoms with van der Waals surface area (Å²) in [7, 11) is 1.37. The molecular formula is C22H21FN4O3. The van der Waals surface area contributed by atoms with Crippen LogP contribution in [0.3, 0.4) is 0 Å². The second kappa shape index (κ2) is 8.36. The maximum Gasteiger partial charge on any atom is 0.272 e. The first-order chi connectivity index (χ1) is 14.5. The maximum absolute atomic E-state index is 13.8. The first-order valence-electron chi connectivity index (χ1n) is 9.56. The van der Waals surface area contributed by atoms with Gasteiger partial charge in [-0.2, -0.15) is 5.10 Å². The van der Waals surface area contributed by atoms with Crippen molar-refractivity contribution in [1.82, 2.24) is 20.4 Å². The van der Waals surface area contributed by atoms with Crippen molar-refractivity contribution in [2.45, 2.75) is 25.6 Å². The number of benzene rings is 2. The molecule has 0 fully saturated rings. The average molecular weight is 408 g/mol. The van der Waals surface area contributed by atoms with Crippen LogP contribution in [-0.4, -0.2) is 34.7 Å². The fourth-order valence-electron chi connectivity index (χ4n) is 3.46. The monoisotopic (exact) mass is 408 g/mol. The number of ether oxygens (including phenoxy) is 1. The third-order valence-corrected chi connectivity index (χ3v) is 4.99. The number of hydrogen-bond acceptors (Lipinski definition) is 4. The molecule has 0 spiro atoms. The lowest BCUT2D eigenvalue weighted by molar-refractivity contribution is 0.0927. The summed E-state index contributed by atoms with van der Waals surface area (Å²) in [5.74, 6) is -1.11. The van der Waals surface area contributed by atoms with Crippen molar-refractivity contribution in [3.63, 3.8) is 0 Å². The predicted molar refractivity (Wildman–Crippen MR) is 108 cm³/mol. The van der Waals surface area contributed by atoms with E-state index in [1.54, 1.807) is 10.7 Å². The molecule has 1 aromatic heterocycles. The number of methoxy groups -OCH3 is 1. The second-order valence-corrected chi connectivity index (χ2v) is 7.10. The highest BCUT2D eigenvalue weighted by atomic mass is 19.1. The molecule has 0 radical (unpaired) electrons. The Kier molecular flexibility index (Phi) is 5.47. The van der Waals surface area contributed by atoms with E-state index >= 15 is 0 Å². The van der Waals surface area contributed by atoms with Gasteiger partial charge in [-0.05, 0) is 29.8 Å². The van der Waals surface area contributed by atoms with Crippen LogP contribution >= 0.6 is 0 Å². The van der Waals surface area contributed by atoms with E-state index < -0.39 is 5.82 Å². The fraction of sp³-hybridized carbons (Fsp3) is 0.227. The van der Waals surface area contributed by atoms with Gasteiger partial charge in [0.1, 0.15) is 5.69 Å². The number of halogens is 1. The number of rotatable bonds is 6. The summed E-state index contributed by atoms with van der Waals surface area (Å²) in [6.07, 6.45) is 0.545. The molecule has 2 amide bonds. The van der Waals surface area contributed by atoms with E-state index in [1.165, 1.54) is 19.2 Å². The molecule has 2 aromatic carbocycles. The zero-order valence-electron chi connectivity index (χ0n) is 16.4. The van der Waals surface area contributed by atoms with E-state index in [4.69, 9.17) is 4.74 Å². The highest BCUT2D eigenvalue weighted by molar-refractivity contribution is 5.94. The Morgan fingerprint density at radius 1 is 1.17 bits per heavy atom. The molecule has 8 heteroatoms. The summed E-state index contributed by atoms with van der Waals surface area (Å²) in [6, 6.07) is 15.3. The third-order valence-electron chi connectivity index (χ3n) is 4.99. The zero-order chi connectivity index (χ0) is 21.1. The van der Waals surface area contributed by atoms with Gasteiger partial charge in [0.2, 0.25) is 0 Å². The molecule has 0 saturated heterocycles. The van der Waals surface area contributed by atoms with Gasteiger partial charge in [0.25, 0.3) is 11.8 Å². The average Bonchev–Trinajstić information content (AvgIpc) is 3.31. The van der Waals surface area contributed by atoms with Crippen LogP contribution in [-0.2, 0) is 19.5 Å². The molecule has 7 nitrogen and oxygen atoms in total. The molecule has 0 aliphatic carbocycles. The van der Waals surface area contributed by atoms with Crippen molar-refractivity contribution in [3.05, 3.63) is 82.9 Å². The van der Waals surface area contributed by atoms with Gasteiger partial charge in [-0.1, -0.05) is 30.3 Å². The predicted octanol–water partition coefficient (Wildman–Crippen LogP) is 2.32. The Morgan fingerprint density at radius 3 is 2.67 bits per heavy atom. The van der Waals surface area contributed by atoms with Gasteiger partial charge in [-0.25, -0.2) is 4.39 Å². The Bertz CT molecular complexity index is 1060. The molecule has 1 atom stereocenters. The summed E-state index contributed by atoms with van der Waals surface area (Å²) in [5, 5.41) is 10.1. The number of hydrogen-bond donors (Lipinski definition) is 2. The van der Waals surface area contributed by atoms with Gasteiger partial charge in [0.15, 0.2) is 11.6 Å². The van der Waals surface area contributed by atoms with Gasteiger partial charge < -0.3 is 15.4 Å². The highest BCUT2D eigenvalue weighted by Crippen LogP contribution is 2.19. The van der Waals surface area contributed by atoms with E-state index in [0.29, 0.717) is 25.2 Å². The van der Waals surface area contributed by atoms with Crippen molar-refractivity contribution in [2.24, 2.45) is 0 Å². The van der Waals surface area contributed by atoms with Crippen molar-refractivity contribution >= 4 is 11.8 Å². The van der Waals surface area contributed by atoms with Gasteiger partial charge in [-0.3, -0.25) is 14.3 Å². The molecule has 0 saturated carbocycles. The van der Waals surface area contributed by atoms with Crippen LogP contribution in [0.5, 0.6) is 5.75 Å². The highest BCUT2D eigenvalue weighted by Gasteiger charge is 2.26. The lowest BCUT2D eigenvalue weighted by Crippen LogP contribution is -2.36. The van der Waals surface area contributed by atoms with Gasteiger partial charge in [-0.15, -0.1) is 0 Å². The van der Waals surface area contributed by atoms with E-state index in [2.05, 4.69) is 15.7 Å². The van der Waals surface area contributed by atoms with Crippen molar-refractivity contribution in [1.29, 1.82) is 0 Å². The minimum Gasteiger partial charge on any atom is -0.494 e. The number of carbonyl (C=O) groups is 2.